The van der Waals surface area contributed by atoms with Gasteiger partial charge in [0.1, 0.15) is 11.9 Å². The van der Waals surface area contributed by atoms with E-state index in [-0.39, 0.29) is 23.3 Å². The maximum absolute atomic E-state index is 13.0. The van der Waals surface area contributed by atoms with Crippen molar-refractivity contribution >= 4 is 0 Å². The van der Waals surface area contributed by atoms with Crippen LogP contribution in [-0.2, 0) is 5.60 Å². The second-order valence-electron chi connectivity index (χ2n) is 9.48. The second-order valence-corrected chi connectivity index (χ2v) is 9.48. The molecule has 35 heavy (non-hydrogen) atoms. The van der Waals surface area contributed by atoms with Gasteiger partial charge in [-0.15, -0.1) is 0 Å². The van der Waals surface area contributed by atoms with Gasteiger partial charge in [0.25, 0.3) is 6.43 Å². The third kappa shape index (κ3) is 3.76. The minimum Gasteiger partial charge on any atom is -0.486 e. The molecule has 1 aliphatic heterocycles. The SMILES string of the molecule is COc1nc(-c2ccc(C(F)F)cc2)cc2c1C1(O)C(O)C(CN(C)C)C(c3ccccc3)C1O2. The smallest absolute Gasteiger partial charge is 0.263 e. The van der Waals surface area contributed by atoms with Gasteiger partial charge in [-0.3, -0.25) is 0 Å². The summed E-state index contributed by atoms with van der Waals surface area (Å²) in [6, 6.07) is 17.2. The number of pyridine rings is 1. The van der Waals surface area contributed by atoms with Gasteiger partial charge < -0.3 is 24.6 Å². The highest BCUT2D eigenvalue weighted by Crippen LogP contribution is 2.60. The van der Waals surface area contributed by atoms with E-state index in [9.17, 15) is 19.0 Å². The Morgan fingerprint density at radius 2 is 1.80 bits per heavy atom. The van der Waals surface area contributed by atoms with Crippen LogP contribution in [0.15, 0.2) is 60.7 Å². The topological polar surface area (TPSA) is 75.0 Å². The number of rotatable bonds is 6. The number of ether oxygens (including phenoxy) is 2. The van der Waals surface area contributed by atoms with E-state index in [4.69, 9.17) is 9.47 Å². The first kappa shape index (κ1) is 23.7. The van der Waals surface area contributed by atoms with Crippen molar-refractivity contribution in [2.24, 2.45) is 5.92 Å². The Balaban J connectivity index is 1.61. The molecule has 5 unspecified atom stereocenters. The van der Waals surface area contributed by atoms with Crippen LogP contribution in [0.25, 0.3) is 11.3 Å². The van der Waals surface area contributed by atoms with Gasteiger partial charge >= 0.3 is 0 Å². The molecule has 0 spiro atoms. The minimum absolute atomic E-state index is 0.0808. The fraction of sp³-hybridized carbons (Fsp3) is 0.370. The molecule has 3 aromatic rings. The quantitative estimate of drug-likeness (QED) is 0.554. The average Bonchev–Trinajstić information content (AvgIpc) is 3.26. The number of aromatic nitrogens is 1. The van der Waals surface area contributed by atoms with E-state index in [1.54, 1.807) is 18.2 Å². The molecule has 0 radical (unpaired) electrons. The summed E-state index contributed by atoms with van der Waals surface area (Å²) >= 11 is 0. The van der Waals surface area contributed by atoms with Gasteiger partial charge in [0, 0.05) is 35.6 Å². The average molecular weight is 483 g/mol. The van der Waals surface area contributed by atoms with Crippen molar-refractivity contribution in [1.82, 2.24) is 9.88 Å². The first-order valence-electron chi connectivity index (χ1n) is 11.5. The number of nitrogens with zero attached hydrogens (tertiary/aromatic N) is 2. The lowest BCUT2D eigenvalue weighted by Crippen LogP contribution is -2.44. The van der Waals surface area contributed by atoms with Gasteiger partial charge in [-0.05, 0) is 19.7 Å². The normalized spacial score (nSPS) is 27.1. The van der Waals surface area contributed by atoms with Gasteiger partial charge in [0.05, 0.1) is 24.5 Å². The number of aliphatic hydroxyl groups is 2. The second kappa shape index (κ2) is 8.86. The predicted molar refractivity (Wildman–Crippen MR) is 127 cm³/mol. The Bertz CT molecular complexity index is 1210. The molecule has 1 saturated carbocycles. The van der Waals surface area contributed by atoms with Gasteiger partial charge in [0.2, 0.25) is 5.88 Å². The number of fused-ring (bicyclic) bond motifs is 3. The van der Waals surface area contributed by atoms with E-state index in [1.807, 2.05) is 49.3 Å². The molecule has 5 rings (SSSR count). The zero-order valence-corrected chi connectivity index (χ0v) is 19.7. The third-order valence-corrected chi connectivity index (χ3v) is 7.09. The molecule has 6 nitrogen and oxygen atoms in total. The largest absolute Gasteiger partial charge is 0.486 e. The standard InChI is InChI=1S/C27H28F2N2O4/c1-31(2)14-18-21(16-7-5-4-6-8-16)24-27(33,23(18)32)22-20(35-24)13-19(30-26(22)34-3)15-9-11-17(12-10-15)25(28)29/h4-13,18,21,23-25,32-33H,14H2,1-3H3. The molecule has 1 aromatic heterocycles. The Morgan fingerprint density at radius 1 is 1.11 bits per heavy atom. The maximum Gasteiger partial charge on any atom is 0.263 e. The zero-order chi connectivity index (χ0) is 24.9. The minimum atomic E-state index is -2.56. The van der Waals surface area contributed by atoms with Crippen LogP contribution in [0, 0.1) is 5.92 Å². The van der Waals surface area contributed by atoms with Gasteiger partial charge in [-0.2, -0.15) is 0 Å². The highest BCUT2D eigenvalue weighted by molar-refractivity contribution is 5.66. The molecule has 0 bridgehead atoms. The van der Waals surface area contributed by atoms with Gasteiger partial charge in [-0.1, -0.05) is 54.6 Å². The van der Waals surface area contributed by atoms with E-state index in [1.165, 1.54) is 19.2 Å². The Labute approximate surface area is 202 Å². The molecule has 5 atom stereocenters. The van der Waals surface area contributed by atoms with Crippen molar-refractivity contribution in [2.75, 3.05) is 27.7 Å². The highest BCUT2D eigenvalue weighted by atomic mass is 19.3. The number of alkyl halides is 2. The van der Waals surface area contributed by atoms with Crippen LogP contribution in [0.4, 0.5) is 8.78 Å². The Kier molecular flexibility index (Phi) is 5.99. The van der Waals surface area contributed by atoms with Crippen molar-refractivity contribution in [1.29, 1.82) is 0 Å². The molecule has 8 heteroatoms. The van der Waals surface area contributed by atoms with Crippen LogP contribution >= 0.6 is 0 Å². The molecular weight excluding hydrogens is 454 g/mol. The van der Waals surface area contributed by atoms with E-state index in [0.29, 0.717) is 29.1 Å². The molecule has 2 heterocycles. The van der Waals surface area contributed by atoms with E-state index in [0.717, 1.165) is 5.56 Å². The molecule has 1 aliphatic carbocycles. The maximum atomic E-state index is 13.0. The van der Waals surface area contributed by atoms with Gasteiger partial charge in [0.15, 0.2) is 5.60 Å². The first-order valence-corrected chi connectivity index (χ1v) is 11.5. The lowest BCUT2D eigenvalue weighted by atomic mass is 9.86. The lowest BCUT2D eigenvalue weighted by Gasteiger charge is -2.29. The summed E-state index contributed by atoms with van der Waals surface area (Å²) in [6.45, 7) is 0.544. The molecular formula is C27H28F2N2O4. The fourth-order valence-electron chi connectivity index (χ4n) is 5.57. The number of aliphatic hydroxyl groups excluding tert-OH is 1. The van der Waals surface area contributed by atoms with Crippen molar-refractivity contribution in [2.45, 2.75) is 30.2 Å². The third-order valence-electron chi connectivity index (χ3n) is 7.09. The van der Waals surface area contributed by atoms with Crippen molar-refractivity contribution in [3.8, 4) is 22.9 Å². The summed E-state index contributed by atoms with van der Waals surface area (Å²) in [5.74, 6) is -0.0938. The van der Waals surface area contributed by atoms with Crippen LogP contribution in [0.5, 0.6) is 11.6 Å². The van der Waals surface area contributed by atoms with Crippen LogP contribution in [0.3, 0.4) is 0 Å². The molecule has 184 valence electrons. The summed E-state index contributed by atoms with van der Waals surface area (Å²) in [5, 5.41) is 23.6. The Morgan fingerprint density at radius 3 is 2.40 bits per heavy atom. The van der Waals surface area contributed by atoms with Crippen molar-refractivity contribution < 1.29 is 28.5 Å². The summed E-state index contributed by atoms with van der Waals surface area (Å²) in [6.07, 6.45) is -4.45. The highest BCUT2D eigenvalue weighted by Gasteiger charge is 2.67. The van der Waals surface area contributed by atoms with E-state index >= 15 is 0 Å². The predicted octanol–water partition coefficient (Wildman–Crippen LogP) is 3.98. The van der Waals surface area contributed by atoms with Crippen LogP contribution < -0.4 is 9.47 Å². The van der Waals surface area contributed by atoms with Crippen LogP contribution in [-0.4, -0.2) is 60.1 Å². The van der Waals surface area contributed by atoms with Crippen LogP contribution in [0.1, 0.15) is 29.0 Å². The summed E-state index contributed by atoms with van der Waals surface area (Å²) < 4.78 is 37.9. The number of hydrogen-bond acceptors (Lipinski definition) is 6. The first-order chi connectivity index (χ1) is 16.8. The molecule has 0 saturated heterocycles. The molecule has 0 amide bonds. The summed E-state index contributed by atoms with van der Waals surface area (Å²) in [7, 11) is 5.29. The monoisotopic (exact) mass is 482 g/mol. The molecule has 2 aromatic carbocycles. The van der Waals surface area contributed by atoms with E-state index < -0.39 is 24.2 Å². The number of benzene rings is 2. The summed E-state index contributed by atoms with van der Waals surface area (Å²) in [5.41, 5.74) is 0.527. The zero-order valence-electron chi connectivity index (χ0n) is 19.7. The number of halogens is 2. The number of hydrogen-bond donors (Lipinski definition) is 2. The molecule has 2 N–H and O–H groups in total. The molecule has 1 fully saturated rings. The molecule has 2 aliphatic rings. The van der Waals surface area contributed by atoms with Crippen molar-refractivity contribution in [3.63, 3.8) is 0 Å². The number of methoxy groups -OCH3 is 1. The van der Waals surface area contributed by atoms with E-state index in [2.05, 4.69) is 4.98 Å². The summed E-state index contributed by atoms with van der Waals surface area (Å²) in [4.78, 5) is 6.54. The van der Waals surface area contributed by atoms with Crippen molar-refractivity contribution in [3.05, 3.63) is 77.4 Å². The van der Waals surface area contributed by atoms with Crippen LogP contribution in [0.2, 0.25) is 0 Å². The fourth-order valence-corrected chi connectivity index (χ4v) is 5.57. The Hall–Kier alpha value is -3.07. The van der Waals surface area contributed by atoms with Gasteiger partial charge in [-0.25, -0.2) is 13.8 Å². The lowest BCUT2D eigenvalue weighted by molar-refractivity contribution is -0.101.